The number of nitrogens with zero attached hydrogens (tertiary/aromatic N) is 2. The van der Waals surface area contributed by atoms with E-state index in [0.29, 0.717) is 18.3 Å². The maximum Gasteiger partial charge on any atom is 0.272 e. The minimum Gasteiger partial charge on any atom is -0.352 e. The van der Waals surface area contributed by atoms with Crippen LogP contribution in [0.2, 0.25) is 0 Å². The van der Waals surface area contributed by atoms with Crippen molar-refractivity contribution in [3.8, 4) is 0 Å². The molecule has 2 amide bonds. The Kier molecular flexibility index (Phi) is 4.11. The van der Waals surface area contributed by atoms with Crippen molar-refractivity contribution in [2.45, 2.75) is 25.4 Å². The fourth-order valence-corrected chi connectivity index (χ4v) is 1.66. The van der Waals surface area contributed by atoms with Crippen LogP contribution < -0.4 is 11.1 Å². The number of likely N-dealkylation sites (N-methyl/N-ethyl adjacent to an activating group) is 1. The molecule has 0 saturated heterocycles. The van der Waals surface area contributed by atoms with Crippen LogP contribution in [-0.2, 0) is 11.3 Å². The van der Waals surface area contributed by atoms with Crippen LogP contribution in [0.5, 0.6) is 0 Å². The standard InChI is InChI=1S/C13H18N4O2/c1-17(8-12(18)16-10-3-4-10)13(19)11-5-2-9(6-14)7-15-11/h2,5,7,10H,3-4,6,8,14H2,1H3,(H,16,18). The van der Waals surface area contributed by atoms with Crippen LogP contribution in [0.25, 0.3) is 0 Å². The van der Waals surface area contributed by atoms with Gasteiger partial charge in [-0.25, -0.2) is 0 Å². The van der Waals surface area contributed by atoms with Crippen molar-refractivity contribution in [3.63, 3.8) is 0 Å². The predicted molar refractivity (Wildman–Crippen MR) is 70.3 cm³/mol. The van der Waals surface area contributed by atoms with Crippen LogP contribution in [0.15, 0.2) is 18.3 Å². The second-order valence-electron chi connectivity index (χ2n) is 4.76. The van der Waals surface area contributed by atoms with Gasteiger partial charge in [-0.3, -0.25) is 14.6 Å². The van der Waals surface area contributed by atoms with Gasteiger partial charge in [-0.15, -0.1) is 0 Å². The molecule has 19 heavy (non-hydrogen) atoms. The molecule has 0 unspecified atom stereocenters. The number of hydrogen-bond acceptors (Lipinski definition) is 4. The summed E-state index contributed by atoms with van der Waals surface area (Å²) in [7, 11) is 1.59. The molecular weight excluding hydrogens is 244 g/mol. The van der Waals surface area contributed by atoms with Crippen molar-refractivity contribution in [2.75, 3.05) is 13.6 Å². The van der Waals surface area contributed by atoms with E-state index in [4.69, 9.17) is 5.73 Å². The molecule has 1 aliphatic carbocycles. The van der Waals surface area contributed by atoms with Gasteiger partial charge in [-0.2, -0.15) is 0 Å². The number of carbonyl (C=O) groups is 2. The van der Waals surface area contributed by atoms with Crippen LogP contribution >= 0.6 is 0 Å². The van der Waals surface area contributed by atoms with E-state index in [1.165, 1.54) is 4.90 Å². The number of nitrogens with one attached hydrogen (secondary N) is 1. The van der Waals surface area contributed by atoms with E-state index in [1.54, 1.807) is 25.4 Å². The Bertz CT molecular complexity index is 468. The third-order valence-corrected chi connectivity index (χ3v) is 2.95. The zero-order valence-electron chi connectivity index (χ0n) is 10.9. The third-order valence-electron chi connectivity index (χ3n) is 2.95. The lowest BCUT2D eigenvalue weighted by molar-refractivity contribution is -0.121. The average Bonchev–Trinajstić information content (AvgIpc) is 3.21. The van der Waals surface area contributed by atoms with Gasteiger partial charge in [0.05, 0.1) is 6.54 Å². The fraction of sp³-hybridized carbons (Fsp3) is 0.462. The highest BCUT2D eigenvalue weighted by molar-refractivity contribution is 5.94. The van der Waals surface area contributed by atoms with Crippen LogP contribution in [0.4, 0.5) is 0 Å². The van der Waals surface area contributed by atoms with E-state index in [-0.39, 0.29) is 18.4 Å². The van der Waals surface area contributed by atoms with Gasteiger partial charge in [0.2, 0.25) is 5.91 Å². The van der Waals surface area contributed by atoms with Gasteiger partial charge in [-0.05, 0) is 24.5 Å². The maximum atomic E-state index is 12.0. The summed E-state index contributed by atoms with van der Waals surface area (Å²) in [5, 5.41) is 2.84. The number of carbonyl (C=O) groups excluding carboxylic acids is 2. The lowest BCUT2D eigenvalue weighted by Crippen LogP contribution is -2.39. The molecule has 6 heteroatoms. The first-order valence-electron chi connectivity index (χ1n) is 6.30. The lowest BCUT2D eigenvalue weighted by Gasteiger charge is -2.16. The van der Waals surface area contributed by atoms with Crippen LogP contribution in [0, 0.1) is 0 Å². The smallest absolute Gasteiger partial charge is 0.272 e. The normalized spacial score (nSPS) is 14.0. The first-order chi connectivity index (χ1) is 9.10. The predicted octanol–water partition coefficient (Wildman–Crippen LogP) is -0.109. The highest BCUT2D eigenvalue weighted by Gasteiger charge is 2.24. The average molecular weight is 262 g/mol. The summed E-state index contributed by atoms with van der Waals surface area (Å²) in [6.45, 7) is 0.441. The van der Waals surface area contributed by atoms with Crippen molar-refractivity contribution in [2.24, 2.45) is 5.73 Å². The van der Waals surface area contributed by atoms with Gasteiger partial charge in [0.1, 0.15) is 5.69 Å². The van der Waals surface area contributed by atoms with E-state index in [1.807, 2.05) is 0 Å². The number of amides is 2. The molecule has 0 bridgehead atoms. The minimum absolute atomic E-state index is 0.0512. The van der Waals surface area contributed by atoms with Gasteiger partial charge >= 0.3 is 0 Å². The second kappa shape index (κ2) is 5.79. The zero-order chi connectivity index (χ0) is 13.8. The third kappa shape index (κ3) is 3.75. The monoisotopic (exact) mass is 262 g/mol. The molecule has 0 spiro atoms. The summed E-state index contributed by atoms with van der Waals surface area (Å²) in [6, 6.07) is 3.69. The van der Waals surface area contributed by atoms with E-state index < -0.39 is 0 Å². The molecule has 1 saturated carbocycles. The largest absolute Gasteiger partial charge is 0.352 e. The molecule has 102 valence electrons. The Morgan fingerprint density at radius 1 is 1.47 bits per heavy atom. The minimum atomic E-state index is -0.269. The second-order valence-corrected chi connectivity index (χ2v) is 4.76. The van der Waals surface area contributed by atoms with Crippen molar-refractivity contribution < 1.29 is 9.59 Å². The topological polar surface area (TPSA) is 88.3 Å². The molecule has 2 rings (SSSR count). The Morgan fingerprint density at radius 2 is 2.21 bits per heavy atom. The van der Waals surface area contributed by atoms with Gasteiger partial charge < -0.3 is 16.0 Å². The molecule has 0 aromatic carbocycles. The Labute approximate surface area is 112 Å². The molecule has 0 atom stereocenters. The van der Waals surface area contributed by atoms with Gasteiger partial charge in [0.25, 0.3) is 5.91 Å². The molecular formula is C13H18N4O2. The molecule has 6 nitrogen and oxygen atoms in total. The summed E-state index contributed by atoms with van der Waals surface area (Å²) in [5.41, 5.74) is 6.65. The summed E-state index contributed by atoms with van der Waals surface area (Å²) in [6.07, 6.45) is 3.64. The van der Waals surface area contributed by atoms with Crippen molar-refractivity contribution in [1.82, 2.24) is 15.2 Å². The van der Waals surface area contributed by atoms with E-state index in [0.717, 1.165) is 18.4 Å². The molecule has 1 fully saturated rings. The number of nitrogens with two attached hydrogens (primary N) is 1. The lowest BCUT2D eigenvalue weighted by atomic mass is 10.2. The molecule has 1 aromatic rings. The van der Waals surface area contributed by atoms with E-state index >= 15 is 0 Å². The van der Waals surface area contributed by atoms with Crippen LogP contribution in [-0.4, -0.2) is 41.3 Å². The Morgan fingerprint density at radius 3 is 2.74 bits per heavy atom. The molecule has 3 N–H and O–H groups in total. The molecule has 0 radical (unpaired) electrons. The number of rotatable bonds is 5. The quantitative estimate of drug-likeness (QED) is 0.775. The summed E-state index contributed by atoms with van der Waals surface area (Å²) >= 11 is 0. The number of hydrogen-bond donors (Lipinski definition) is 2. The van der Waals surface area contributed by atoms with Gasteiger partial charge in [0, 0.05) is 25.8 Å². The van der Waals surface area contributed by atoms with Crippen molar-refractivity contribution in [3.05, 3.63) is 29.6 Å². The summed E-state index contributed by atoms with van der Waals surface area (Å²) in [4.78, 5) is 29.0. The van der Waals surface area contributed by atoms with Crippen molar-refractivity contribution in [1.29, 1.82) is 0 Å². The van der Waals surface area contributed by atoms with Crippen molar-refractivity contribution >= 4 is 11.8 Å². The number of aromatic nitrogens is 1. The fourth-order valence-electron chi connectivity index (χ4n) is 1.66. The highest BCUT2D eigenvalue weighted by atomic mass is 16.2. The Balaban J connectivity index is 1.91. The molecule has 1 aliphatic rings. The maximum absolute atomic E-state index is 12.0. The first kappa shape index (κ1) is 13.5. The van der Waals surface area contributed by atoms with Crippen LogP contribution in [0.1, 0.15) is 28.9 Å². The molecule has 0 aliphatic heterocycles. The number of pyridine rings is 1. The van der Waals surface area contributed by atoms with E-state index in [2.05, 4.69) is 10.3 Å². The molecule has 1 aromatic heterocycles. The van der Waals surface area contributed by atoms with Crippen LogP contribution in [0.3, 0.4) is 0 Å². The zero-order valence-corrected chi connectivity index (χ0v) is 10.9. The van der Waals surface area contributed by atoms with Gasteiger partial charge in [0.15, 0.2) is 0 Å². The van der Waals surface area contributed by atoms with E-state index in [9.17, 15) is 9.59 Å². The summed E-state index contributed by atoms with van der Waals surface area (Å²) < 4.78 is 0. The Hall–Kier alpha value is -1.95. The first-order valence-corrected chi connectivity index (χ1v) is 6.30. The SMILES string of the molecule is CN(CC(=O)NC1CC1)C(=O)c1ccc(CN)cn1. The van der Waals surface area contributed by atoms with Gasteiger partial charge in [-0.1, -0.05) is 6.07 Å². The molecule has 1 heterocycles. The highest BCUT2D eigenvalue weighted by Crippen LogP contribution is 2.18. The summed E-state index contributed by atoms with van der Waals surface area (Å²) in [5.74, 6) is -0.397.